The molecule has 0 aromatic carbocycles. The van der Waals surface area contributed by atoms with Crippen molar-refractivity contribution in [1.82, 2.24) is 0 Å². The molecule has 0 spiro atoms. The minimum absolute atomic E-state index is 0.671. The summed E-state index contributed by atoms with van der Waals surface area (Å²) in [5.74, 6) is 0. The Bertz CT molecular complexity index is 127. The number of hydrogen-bond acceptors (Lipinski definition) is 2. The molecule has 1 nitrogen and oxygen atoms in total. The summed E-state index contributed by atoms with van der Waals surface area (Å²) >= 11 is 1.54. The molecule has 0 aliphatic carbocycles. The van der Waals surface area contributed by atoms with Crippen molar-refractivity contribution in [2.24, 2.45) is 5.73 Å². The van der Waals surface area contributed by atoms with Gasteiger partial charge in [0.2, 0.25) is 0 Å². The summed E-state index contributed by atoms with van der Waals surface area (Å²) in [4.78, 5) is 1.28. The van der Waals surface area contributed by atoms with Crippen molar-refractivity contribution >= 4 is 11.8 Å². The second kappa shape index (κ2) is 4.50. The first kappa shape index (κ1) is 8.63. The smallest absolute Gasteiger partial charge is 0.0627 e. The Kier molecular flexibility index (Phi) is 4.32. The summed E-state index contributed by atoms with van der Waals surface area (Å²) in [6.45, 7) is 7.70. The van der Waals surface area contributed by atoms with Gasteiger partial charge in [-0.2, -0.15) is 0 Å². The predicted molar refractivity (Wildman–Crippen MR) is 45.0 cm³/mol. The lowest BCUT2D eigenvalue weighted by atomic mass is 10.4. The summed E-state index contributed by atoms with van der Waals surface area (Å²) in [6.07, 6.45) is 3.10. The van der Waals surface area contributed by atoms with E-state index < -0.39 is 0 Å². The van der Waals surface area contributed by atoms with Crippen LogP contribution in [0.25, 0.3) is 0 Å². The summed E-state index contributed by atoms with van der Waals surface area (Å²) in [5.41, 5.74) is 5.37. The Morgan fingerprint density at radius 2 is 2.33 bits per heavy atom. The third kappa shape index (κ3) is 4.15. The van der Waals surface area contributed by atoms with Gasteiger partial charge in [0, 0.05) is 0 Å². The standard InChI is InChI=1S/C7H13NS/c1-4-7(5-2)9-6(3)8/h4H,3,5,8H2,1-2H3/b7-4-. The molecular formula is C7H13NS. The van der Waals surface area contributed by atoms with Gasteiger partial charge in [-0.05, 0) is 18.2 Å². The van der Waals surface area contributed by atoms with Crippen LogP contribution in [-0.4, -0.2) is 0 Å². The monoisotopic (exact) mass is 143 g/mol. The molecule has 0 unspecified atom stereocenters. The average molecular weight is 143 g/mol. The number of nitrogens with two attached hydrogens (primary N) is 1. The molecular weight excluding hydrogens is 130 g/mol. The van der Waals surface area contributed by atoms with E-state index in [4.69, 9.17) is 5.73 Å². The van der Waals surface area contributed by atoms with Crippen LogP contribution in [0.3, 0.4) is 0 Å². The molecule has 0 radical (unpaired) electrons. The van der Waals surface area contributed by atoms with Gasteiger partial charge in [0.1, 0.15) is 0 Å². The van der Waals surface area contributed by atoms with Gasteiger partial charge in [-0.25, -0.2) is 0 Å². The van der Waals surface area contributed by atoms with Crippen molar-refractivity contribution in [3.8, 4) is 0 Å². The summed E-state index contributed by atoms with van der Waals surface area (Å²) in [7, 11) is 0. The van der Waals surface area contributed by atoms with E-state index in [9.17, 15) is 0 Å². The zero-order valence-electron chi connectivity index (χ0n) is 5.98. The minimum Gasteiger partial charge on any atom is -0.394 e. The van der Waals surface area contributed by atoms with Crippen molar-refractivity contribution in [2.75, 3.05) is 0 Å². The van der Waals surface area contributed by atoms with E-state index in [-0.39, 0.29) is 0 Å². The summed E-state index contributed by atoms with van der Waals surface area (Å²) in [5, 5.41) is 0.671. The maximum Gasteiger partial charge on any atom is 0.0627 e. The third-order valence-electron chi connectivity index (χ3n) is 0.933. The van der Waals surface area contributed by atoms with Crippen molar-refractivity contribution in [2.45, 2.75) is 20.3 Å². The Morgan fingerprint density at radius 3 is 2.44 bits per heavy atom. The minimum atomic E-state index is 0.671. The fourth-order valence-corrected chi connectivity index (χ4v) is 1.10. The zero-order chi connectivity index (χ0) is 7.28. The van der Waals surface area contributed by atoms with Gasteiger partial charge in [0.15, 0.2) is 0 Å². The molecule has 0 aliphatic heterocycles. The number of allylic oxidation sites excluding steroid dienone is 2. The molecule has 9 heavy (non-hydrogen) atoms. The number of rotatable bonds is 3. The molecule has 0 amide bonds. The van der Waals surface area contributed by atoms with Gasteiger partial charge in [0.25, 0.3) is 0 Å². The lowest BCUT2D eigenvalue weighted by Gasteiger charge is -1.99. The summed E-state index contributed by atoms with van der Waals surface area (Å²) < 4.78 is 0. The SMILES string of the molecule is C=C(N)S/C(=C\C)CC. The number of thioether (sulfide) groups is 1. The fourth-order valence-electron chi connectivity index (χ4n) is 0.504. The number of hydrogen-bond donors (Lipinski definition) is 1. The molecule has 0 atom stereocenters. The molecule has 2 heteroatoms. The molecule has 52 valence electrons. The first-order chi connectivity index (χ1) is 4.20. The molecule has 0 rings (SSSR count). The second-order valence-electron chi connectivity index (χ2n) is 1.68. The van der Waals surface area contributed by atoms with Crippen LogP contribution in [0.2, 0.25) is 0 Å². The molecule has 0 bridgehead atoms. The molecule has 0 heterocycles. The zero-order valence-corrected chi connectivity index (χ0v) is 6.79. The van der Waals surface area contributed by atoms with Crippen molar-refractivity contribution in [1.29, 1.82) is 0 Å². The highest BCUT2D eigenvalue weighted by Crippen LogP contribution is 2.22. The van der Waals surface area contributed by atoms with Gasteiger partial charge in [-0.3, -0.25) is 0 Å². The molecule has 0 aromatic heterocycles. The first-order valence-electron chi connectivity index (χ1n) is 2.98. The van der Waals surface area contributed by atoms with Crippen LogP contribution in [0.5, 0.6) is 0 Å². The van der Waals surface area contributed by atoms with Gasteiger partial charge >= 0.3 is 0 Å². The topological polar surface area (TPSA) is 26.0 Å². The van der Waals surface area contributed by atoms with Crippen molar-refractivity contribution in [3.63, 3.8) is 0 Å². The average Bonchev–Trinajstić information content (AvgIpc) is 1.82. The Hall–Kier alpha value is -0.370. The van der Waals surface area contributed by atoms with E-state index in [0.29, 0.717) is 5.03 Å². The van der Waals surface area contributed by atoms with Gasteiger partial charge in [-0.1, -0.05) is 31.3 Å². The van der Waals surface area contributed by atoms with E-state index in [1.165, 1.54) is 4.91 Å². The van der Waals surface area contributed by atoms with Crippen LogP contribution >= 0.6 is 11.8 Å². The molecule has 0 saturated carbocycles. The highest BCUT2D eigenvalue weighted by atomic mass is 32.2. The van der Waals surface area contributed by atoms with Crippen LogP contribution < -0.4 is 5.73 Å². The third-order valence-corrected chi connectivity index (χ3v) is 1.98. The van der Waals surface area contributed by atoms with Crippen LogP contribution in [0, 0.1) is 0 Å². The summed E-state index contributed by atoms with van der Waals surface area (Å²) in [6, 6.07) is 0. The highest BCUT2D eigenvalue weighted by molar-refractivity contribution is 8.06. The van der Waals surface area contributed by atoms with E-state index in [2.05, 4.69) is 19.6 Å². The Morgan fingerprint density at radius 1 is 1.78 bits per heavy atom. The van der Waals surface area contributed by atoms with E-state index in [0.717, 1.165) is 6.42 Å². The normalized spacial score (nSPS) is 11.6. The van der Waals surface area contributed by atoms with Crippen molar-refractivity contribution < 1.29 is 0 Å². The van der Waals surface area contributed by atoms with Gasteiger partial charge in [0.05, 0.1) is 5.03 Å². The first-order valence-corrected chi connectivity index (χ1v) is 3.79. The molecule has 0 saturated heterocycles. The molecule has 0 aromatic rings. The lowest BCUT2D eigenvalue weighted by molar-refractivity contribution is 1.19. The van der Waals surface area contributed by atoms with Crippen LogP contribution in [0.15, 0.2) is 22.6 Å². The maximum absolute atomic E-state index is 5.37. The molecule has 0 aliphatic rings. The quantitative estimate of drug-likeness (QED) is 0.656. The largest absolute Gasteiger partial charge is 0.394 e. The second-order valence-corrected chi connectivity index (χ2v) is 2.93. The molecule has 0 fully saturated rings. The Labute approximate surface area is 61.0 Å². The Balaban J connectivity index is 3.71. The van der Waals surface area contributed by atoms with E-state index >= 15 is 0 Å². The molecule has 2 N–H and O–H groups in total. The van der Waals surface area contributed by atoms with Crippen LogP contribution in [0.1, 0.15) is 20.3 Å². The van der Waals surface area contributed by atoms with Crippen LogP contribution in [0.4, 0.5) is 0 Å². The van der Waals surface area contributed by atoms with Crippen molar-refractivity contribution in [3.05, 3.63) is 22.6 Å². The van der Waals surface area contributed by atoms with Gasteiger partial charge < -0.3 is 5.73 Å². The predicted octanol–water partition coefficient (Wildman–Crippen LogP) is 2.46. The van der Waals surface area contributed by atoms with Crippen LogP contribution in [-0.2, 0) is 0 Å². The van der Waals surface area contributed by atoms with Gasteiger partial charge in [-0.15, -0.1) is 0 Å². The van der Waals surface area contributed by atoms with E-state index in [1.807, 2.05) is 6.92 Å². The van der Waals surface area contributed by atoms with E-state index in [1.54, 1.807) is 11.8 Å². The lowest BCUT2D eigenvalue weighted by Crippen LogP contribution is -1.88. The highest BCUT2D eigenvalue weighted by Gasteiger charge is 1.92. The fraction of sp³-hybridized carbons (Fsp3) is 0.429. The maximum atomic E-state index is 5.37.